The van der Waals surface area contributed by atoms with E-state index in [1.165, 1.54) is 12.4 Å². The first-order chi connectivity index (χ1) is 11.3. The molecule has 1 heterocycles. The number of aromatic nitrogens is 2. The Kier molecular flexibility index (Phi) is 6.32. The smallest absolute Gasteiger partial charge is 0.250 e. The van der Waals surface area contributed by atoms with Gasteiger partial charge in [-0.3, -0.25) is 4.79 Å². The summed E-state index contributed by atoms with van der Waals surface area (Å²) >= 11 is 5.96. The molecule has 0 fully saturated rings. The first-order valence-electron chi connectivity index (χ1n) is 7.73. The third-order valence-corrected chi connectivity index (χ3v) is 5.36. The van der Waals surface area contributed by atoms with Gasteiger partial charge in [0.05, 0.1) is 22.1 Å². The molecule has 2 N–H and O–H groups in total. The number of aromatic amines is 1. The predicted octanol–water partition coefficient (Wildman–Crippen LogP) is 3.15. The zero-order chi connectivity index (χ0) is 17.7. The lowest BCUT2D eigenvalue weighted by atomic mass is 10.0. The third kappa shape index (κ3) is 5.54. The van der Waals surface area contributed by atoms with Gasteiger partial charge >= 0.3 is 0 Å². The van der Waals surface area contributed by atoms with Gasteiger partial charge in [-0.25, -0.2) is 13.9 Å². The summed E-state index contributed by atoms with van der Waals surface area (Å²) in [6.07, 6.45) is 2.67. The van der Waals surface area contributed by atoms with E-state index < -0.39 is 11.0 Å². The minimum absolute atomic E-state index is 0.122. The van der Waals surface area contributed by atoms with E-state index in [1.807, 2.05) is 45.0 Å². The molecule has 0 saturated carbocycles. The quantitative estimate of drug-likeness (QED) is 0.823. The molecule has 1 aromatic heterocycles. The summed E-state index contributed by atoms with van der Waals surface area (Å²) in [5, 5.41) is 0.658. The van der Waals surface area contributed by atoms with Crippen molar-refractivity contribution in [2.24, 2.45) is 0 Å². The van der Waals surface area contributed by atoms with Crippen molar-refractivity contribution < 1.29 is 4.21 Å². The van der Waals surface area contributed by atoms with E-state index in [2.05, 4.69) is 14.7 Å². The summed E-state index contributed by atoms with van der Waals surface area (Å²) in [6.45, 7) is 5.77. The summed E-state index contributed by atoms with van der Waals surface area (Å²) < 4.78 is 15.3. The average molecular weight is 368 g/mol. The van der Waals surface area contributed by atoms with Gasteiger partial charge in [-0.1, -0.05) is 23.7 Å². The highest BCUT2D eigenvalue weighted by molar-refractivity contribution is 7.84. The predicted molar refractivity (Wildman–Crippen MR) is 98.4 cm³/mol. The molecule has 1 aromatic carbocycles. The number of nitrogens with one attached hydrogen (secondary N) is 2. The summed E-state index contributed by atoms with van der Waals surface area (Å²) in [5.74, 6) is 0. The van der Waals surface area contributed by atoms with Crippen LogP contribution in [0, 0.1) is 0 Å². The van der Waals surface area contributed by atoms with Crippen LogP contribution >= 0.6 is 11.6 Å². The van der Waals surface area contributed by atoms with E-state index in [-0.39, 0.29) is 16.3 Å². The number of aryl methyl sites for hydroxylation is 1. The van der Waals surface area contributed by atoms with Gasteiger partial charge in [0.25, 0.3) is 5.56 Å². The first kappa shape index (κ1) is 18.8. The number of nitrogens with zero attached hydrogens (tertiary/aromatic N) is 1. The Labute approximate surface area is 149 Å². The molecule has 7 heteroatoms. The number of hydrogen-bond donors (Lipinski definition) is 2. The Hall–Kier alpha value is -1.50. The van der Waals surface area contributed by atoms with Gasteiger partial charge in [0.1, 0.15) is 0 Å². The van der Waals surface area contributed by atoms with Crippen LogP contribution in [0.5, 0.6) is 0 Å². The zero-order valence-electron chi connectivity index (χ0n) is 14.0. The van der Waals surface area contributed by atoms with Crippen molar-refractivity contribution in [1.82, 2.24) is 14.7 Å². The highest BCUT2D eigenvalue weighted by atomic mass is 35.5. The van der Waals surface area contributed by atoms with Crippen LogP contribution < -0.4 is 10.3 Å². The molecule has 0 saturated heterocycles. The van der Waals surface area contributed by atoms with E-state index in [0.29, 0.717) is 23.6 Å². The summed E-state index contributed by atoms with van der Waals surface area (Å²) in [6, 6.07) is 8.84. The lowest BCUT2D eigenvalue weighted by Gasteiger charge is -2.24. The minimum atomic E-state index is -1.21. The maximum atomic E-state index is 12.5. The van der Waals surface area contributed by atoms with Crippen LogP contribution in [0.2, 0.25) is 5.02 Å². The van der Waals surface area contributed by atoms with Crippen LogP contribution in [0.4, 0.5) is 0 Å². The van der Waals surface area contributed by atoms with Crippen molar-refractivity contribution in [3.8, 4) is 0 Å². The van der Waals surface area contributed by atoms with Crippen molar-refractivity contribution >= 4 is 22.6 Å². The third-order valence-electron chi connectivity index (χ3n) is 3.50. The molecule has 0 bridgehead atoms. The van der Waals surface area contributed by atoms with Crippen molar-refractivity contribution in [2.75, 3.05) is 0 Å². The van der Waals surface area contributed by atoms with Crippen LogP contribution in [0.25, 0.3) is 0 Å². The van der Waals surface area contributed by atoms with Gasteiger partial charge in [-0.15, -0.1) is 0 Å². The fraction of sp³-hybridized carbons (Fsp3) is 0.412. The number of halogens is 1. The highest BCUT2D eigenvalue weighted by Gasteiger charge is 2.23. The minimum Gasteiger partial charge on any atom is -0.313 e. The Morgan fingerprint density at radius 2 is 1.96 bits per heavy atom. The molecule has 0 aliphatic heterocycles. The van der Waals surface area contributed by atoms with Crippen LogP contribution in [0.3, 0.4) is 0 Å². The second-order valence-corrected chi connectivity index (χ2v) is 8.98. The fourth-order valence-corrected chi connectivity index (χ4v) is 3.12. The Morgan fingerprint density at radius 1 is 1.29 bits per heavy atom. The van der Waals surface area contributed by atoms with Crippen molar-refractivity contribution in [1.29, 1.82) is 0 Å². The molecule has 0 spiro atoms. The van der Waals surface area contributed by atoms with E-state index in [9.17, 15) is 9.00 Å². The second kappa shape index (κ2) is 8.05. The van der Waals surface area contributed by atoms with Gasteiger partial charge in [0.15, 0.2) is 0 Å². The lowest BCUT2D eigenvalue weighted by molar-refractivity contribution is 0.567. The normalized spacial score (nSPS) is 14.3. The topological polar surface area (TPSA) is 74.8 Å². The molecule has 0 radical (unpaired) electrons. The molecular formula is C17H22ClN3O2S. The van der Waals surface area contributed by atoms with Gasteiger partial charge < -0.3 is 4.98 Å². The number of H-pyrrole nitrogens is 1. The standard InChI is InChI=1S/C17H22ClN3O2S/c1-17(2,3)24(23)21-15(12-4-6-13(18)7-5-12)9-8-14-10-16(22)20-11-19-14/h4-7,10-11,15,21H,8-9H2,1-3H3,(H,19,20,22)/t15-,24+/m0/s1. The maximum Gasteiger partial charge on any atom is 0.250 e. The van der Waals surface area contributed by atoms with E-state index in [4.69, 9.17) is 11.6 Å². The van der Waals surface area contributed by atoms with Crippen molar-refractivity contribution in [2.45, 2.75) is 44.4 Å². The molecule has 24 heavy (non-hydrogen) atoms. The zero-order valence-corrected chi connectivity index (χ0v) is 15.6. The van der Waals surface area contributed by atoms with Crippen LogP contribution in [-0.2, 0) is 17.4 Å². The van der Waals surface area contributed by atoms with Crippen LogP contribution in [0.1, 0.15) is 44.5 Å². The fourth-order valence-electron chi connectivity index (χ4n) is 2.13. The monoisotopic (exact) mass is 367 g/mol. The van der Waals surface area contributed by atoms with Gasteiger partial charge in [0.2, 0.25) is 0 Å². The highest BCUT2D eigenvalue weighted by Crippen LogP contribution is 2.23. The van der Waals surface area contributed by atoms with E-state index >= 15 is 0 Å². The second-order valence-electron chi connectivity index (χ2n) is 6.54. The molecule has 0 aliphatic rings. The molecule has 0 aliphatic carbocycles. The molecule has 5 nitrogen and oxygen atoms in total. The summed E-state index contributed by atoms with van der Waals surface area (Å²) in [5.41, 5.74) is 1.54. The van der Waals surface area contributed by atoms with Gasteiger partial charge in [-0.05, 0) is 51.3 Å². The molecular weight excluding hydrogens is 346 g/mol. The molecule has 0 unspecified atom stereocenters. The van der Waals surface area contributed by atoms with E-state index in [0.717, 1.165) is 5.56 Å². The van der Waals surface area contributed by atoms with Crippen molar-refractivity contribution in [3.63, 3.8) is 0 Å². The Bertz CT molecular complexity index is 753. The Morgan fingerprint density at radius 3 is 2.54 bits per heavy atom. The van der Waals surface area contributed by atoms with Crippen molar-refractivity contribution in [3.05, 3.63) is 63.3 Å². The number of benzene rings is 1. The number of rotatable bonds is 6. The van der Waals surface area contributed by atoms with Crippen LogP contribution in [0.15, 0.2) is 41.5 Å². The number of hydrogen-bond acceptors (Lipinski definition) is 3. The SMILES string of the molecule is CC(C)(C)[S@@](=O)N[C@@H](CCc1cc(=O)[nH]cn1)c1ccc(Cl)cc1. The molecule has 2 atom stereocenters. The first-order valence-corrected chi connectivity index (χ1v) is 9.25. The molecule has 130 valence electrons. The molecule has 0 amide bonds. The maximum absolute atomic E-state index is 12.5. The lowest BCUT2D eigenvalue weighted by Crippen LogP contribution is -2.36. The molecule has 2 rings (SSSR count). The summed E-state index contributed by atoms with van der Waals surface area (Å²) in [7, 11) is -1.21. The van der Waals surface area contributed by atoms with E-state index in [1.54, 1.807) is 0 Å². The largest absolute Gasteiger partial charge is 0.313 e. The van der Waals surface area contributed by atoms with Gasteiger partial charge in [-0.2, -0.15) is 0 Å². The molecule has 2 aromatic rings. The average Bonchev–Trinajstić information content (AvgIpc) is 2.51. The van der Waals surface area contributed by atoms with Crippen LogP contribution in [-0.4, -0.2) is 18.9 Å². The Balaban J connectivity index is 2.17. The van der Waals surface area contributed by atoms with Gasteiger partial charge in [0, 0.05) is 22.8 Å². The summed E-state index contributed by atoms with van der Waals surface area (Å²) in [4.78, 5) is 18.0.